The molecule has 0 saturated carbocycles. The third-order valence-electron chi connectivity index (χ3n) is 2.79. The number of thiazole rings is 1. The molecule has 5 N–H and O–H groups in total. The van der Waals surface area contributed by atoms with Crippen LogP contribution in [-0.2, 0) is 9.53 Å². The molecule has 1 aromatic heterocycles. The van der Waals surface area contributed by atoms with E-state index in [9.17, 15) is 9.59 Å². The molecule has 1 aliphatic rings. The lowest BCUT2D eigenvalue weighted by Crippen LogP contribution is -2.36. The van der Waals surface area contributed by atoms with Gasteiger partial charge in [0.1, 0.15) is 10.7 Å². The number of carbonyl (C=O) groups is 2. The minimum Gasteiger partial charge on any atom is -0.382 e. The highest BCUT2D eigenvalue weighted by Gasteiger charge is 2.20. The maximum Gasteiger partial charge on any atom is 0.265 e. The average Bonchev–Trinajstić information content (AvgIpc) is 2.81. The summed E-state index contributed by atoms with van der Waals surface area (Å²) in [5, 5.41) is 3.31. The highest BCUT2D eigenvalue weighted by atomic mass is 32.1. The SMILES string of the molecule is NC(=O)CCNC(=O)c1sc(N2CCOCC2)nc1N. The number of aromatic nitrogens is 1. The molecule has 0 radical (unpaired) electrons. The predicted molar refractivity (Wildman–Crippen MR) is 75.7 cm³/mol. The fraction of sp³-hybridized carbons (Fsp3) is 0.545. The lowest BCUT2D eigenvalue weighted by molar-refractivity contribution is -0.117. The molecule has 0 unspecified atom stereocenters. The van der Waals surface area contributed by atoms with E-state index >= 15 is 0 Å². The van der Waals surface area contributed by atoms with Crippen LogP contribution in [0.3, 0.4) is 0 Å². The Balaban J connectivity index is 1.99. The van der Waals surface area contributed by atoms with Crippen molar-refractivity contribution in [3.8, 4) is 0 Å². The first-order valence-electron chi connectivity index (χ1n) is 6.23. The summed E-state index contributed by atoms with van der Waals surface area (Å²) >= 11 is 1.24. The number of rotatable bonds is 5. The van der Waals surface area contributed by atoms with Crippen LogP contribution in [0.4, 0.5) is 10.9 Å². The van der Waals surface area contributed by atoms with E-state index in [1.807, 2.05) is 4.90 Å². The fourth-order valence-corrected chi connectivity index (χ4v) is 2.71. The molecule has 0 bridgehead atoms. The number of nitrogen functional groups attached to an aromatic ring is 1. The minimum atomic E-state index is -0.461. The number of hydrogen-bond donors (Lipinski definition) is 3. The van der Waals surface area contributed by atoms with Crippen molar-refractivity contribution in [1.29, 1.82) is 0 Å². The molecular formula is C11H17N5O3S. The van der Waals surface area contributed by atoms with Crippen LogP contribution in [0.2, 0.25) is 0 Å². The van der Waals surface area contributed by atoms with E-state index in [1.165, 1.54) is 11.3 Å². The lowest BCUT2D eigenvalue weighted by atomic mass is 10.4. The van der Waals surface area contributed by atoms with Crippen LogP contribution < -0.4 is 21.7 Å². The molecule has 8 nitrogen and oxygen atoms in total. The number of morpholine rings is 1. The Morgan fingerprint density at radius 2 is 2.10 bits per heavy atom. The molecule has 1 fully saturated rings. The van der Waals surface area contributed by atoms with Gasteiger partial charge in [-0.2, -0.15) is 0 Å². The number of nitrogens with two attached hydrogens (primary N) is 2. The minimum absolute atomic E-state index is 0.0980. The molecule has 1 saturated heterocycles. The summed E-state index contributed by atoms with van der Waals surface area (Å²) in [6, 6.07) is 0. The van der Waals surface area contributed by atoms with Gasteiger partial charge in [-0.3, -0.25) is 9.59 Å². The Morgan fingerprint density at radius 3 is 2.75 bits per heavy atom. The number of nitrogens with zero attached hydrogens (tertiary/aromatic N) is 2. The first-order valence-corrected chi connectivity index (χ1v) is 7.05. The number of anilines is 2. The van der Waals surface area contributed by atoms with Crippen LogP contribution >= 0.6 is 11.3 Å². The van der Waals surface area contributed by atoms with E-state index in [0.717, 1.165) is 13.1 Å². The van der Waals surface area contributed by atoms with E-state index in [4.69, 9.17) is 16.2 Å². The summed E-state index contributed by atoms with van der Waals surface area (Å²) in [5.41, 5.74) is 10.8. The summed E-state index contributed by atoms with van der Waals surface area (Å²) < 4.78 is 5.26. The Kier molecular flexibility index (Phi) is 4.74. The first-order chi connectivity index (χ1) is 9.58. The van der Waals surface area contributed by atoms with Crippen molar-refractivity contribution in [1.82, 2.24) is 10.3 Å². The average molecular weight is 299 g/mol. The van der Waals surface area contributed by atoms with Crippen molar-refractivity contribution in [2.75, 3.05) is 43.5 Å². The third-order valence-corrected chi connectivity index (χ3v) is 3.92. The number of primary amides is 1. The number of hydrogen-bond acceptors (Lipinski definition) is 7. The molecule has 2 heterocycles. The first kappa shape index (κ1) is 14.5. The van der Waals surface area contributed by atoms with Gasteiger partial charge in [-0.15, -0.1) is 0 Å². The second kappa shape index (κ2) is 6.53. The van der Waals surface area contributed by atoms with Crippen LogP contribution in [0.5, 0.6) is 0 Å². The monoisotopic (exact) mass is 299 g/mol. The van der Waals surface area contributed by atoms with E-state index in [0.29, 0.717) is 23.2 Å². The zero-order valence-electron chi connectivity index (χ0n) is 10.9. The molecule has 0 aliphatic carbocycles. The Morgan fingerprint density at radius 1 is 1.40 bits per heavy atom. The molecular weight excluding hydrogens is 282 g/mol. The second-order valence-corrected chi connectivity index (χ2v) is 5.26. The van der Waals surface area contributed by atoms with Crippen molar-refractivity contribution in [3.63, 3.8) is 0 Å². The van der Waals surface area contributed by atoms with Gasteiger partial charge in [0.2, 0.25) is 5.91 Å². The Hall–Kier alpha value is -1.87. The van der Waals surface area contributed by atoms with Crippen molar-refractivity contribution in [2.45, 2.75) is 6.42 Å². The number of ether oxygens (including phenoxy) is 1. The molecule has 0 spiro atoms. The van der Waals surface area contributed by atoms with Crippen LogP contribution in [0.1, 0.15) is 16.1 Å². The Bertz CT molecular complexity index is 498. The smallest absolute Gasteiger partial charge is 0.265 e. The molecule has 0 atom stereocenters. The summed E-state index contributed by atoms with van der Waals surface area (Å²) in [5.74, 6) is -0.592. The number of nitrogens with one attached hydrogen (secondary N) is 1. The summed E-state index contributed by atoms with van der Waals surface area (Å²) in [6.07, 6.45) is 0.0980. The van der Waals surface area contributed by atoms with Crippen molar-refractivity contribution in [2.24, 2.45) is 5.73 Å². The van der Waals surface area contributed by atoms with E-state index in [2.05, 4.69) is 10.3 Å². The highest BCUT2D eigenvalue weighted by molar-refractivity contribution is 7.18. The van der Waals surface area contributed by atoms with Gasteiger partial charge < -0.3 is 26.4 Å². The normalized spacial score (nSPS) is 15.1. The molecule has 110 valence electrons. The van der Waals surface area contributed by atoms with E-state index in [-0.39, 0.29) is 24.7 Å². The maximum absolute atomic E-state index is 11.9. The molecule has 1 aromatic rings. The number of carbonyl (C=O) groups excluding carboxylic acids is 2. The second-order valence-electron chi connectivity index (χ2n) is 4.28. The topological polar surface area (TPSA) is 124 Å². The highest BCUT2D eigenvalue weighted by Crippen LogP contribution is 2.28. The van der Waals surface area contributed by atoms with Crippen LogP contribution in [0, 0.1) is 0 Å². The van der Waals surface area contributed by atoms with E-state index in [1.54, 1.807) is 0 Å². The van der Waals surface area contributed by atoms with Crippen molar-refractivity contribution >= 4 is 34.1 Å². The van der Waals surface area contributed by atoms with Gasteiger partial charge in [0, 0.05) is 26.1 Å². The largest absolute Gasteiger partial charge is 0.382 e. The Labute approximate surface area is 120 Å². The predicted octanol–water partition coefficient (Wildman–Crippen LogP) is -0.833. The van der Waals surface area contributed by atoms with E-state index < -0.39 is 5.91 Å². The van der Waals surface area contributed by atoms with Gasteiger partial charge in [-0.1, -0.05) is 11.3 Å². The summed E-state index contributed by atoms with van der Waals surface area (Å²) in [4.78, 5) is 29.1. The zero-order chi connectivity index (χ0) is 14.5. The number of amides is 2. The molecule has 2 amide bonds. The van der Waals surface area contributed by atoms with Crippen LogP contribution in [0.25, 0.3) is 0 Å². The van der Waals surface area contributed by atoms with Crippen molar-refractivity contribution < 1.29 is 14.3 Å². The van der Waals surface area contributed by atoms with Gasteiger partial charge in [0.05, 0.1) is 13.2 Å². The lowest BCUT2D eigenvalue weighted by Gasteiger charge is -2.25. The van der Waals surface area contributed by atoms with Gasteiger partial charge in [0.15, 0.2) is 5.13 Å². The summed E-state index contributed by atoms with van der Waals surface area (Å²) in [7, 11) is 0. The maximum atomic E-state index is 11.9. The summed E-state index contributed by atoms with van der Waals surface area (Å²) in [6.45, 7) is 2.93. The van der Waals surface area contributed by atoms with Gasteiger partial charge in [0.25, 0.3) is 5.91 Å². The fourth-order valence-electron chi connectivity index (χ4n) is 1.75. The molecule has 2 rings (SSSR count). The standard InChI is InChI=1S/C11H17N5O3S/c12-7(17)1-2-14-10(18)8-9(13)15-11(20-8)16-3-5-19-6-4-16/h1-6,13H2,(H2,12,17)(H,14,18). The molecule has 20 heavy (non-hydrogen) atoms. The van der Waals surface area contributed by atoms with Crippen LogP contribution in [0.15, 0.2) is 0 Å². The zero-order valence-corrected chi connectivity index (χ0v) is 11.7. The van der Waals surface area contributed by atoms with Crippen LogP contribution in [-0.4, -0.2) is 49.6 Å². The van der Waals surface area contributed by atoms with Gasteiger partial charge in [-0.05, 0) is 0 Å². The van der Waals surface area contributed by atoms with Crippen molar-refractivity contribution in [3.05, 3.63) is 4.88 Å². The molecule has 9 heteroatoms. The van der Waals surface area contributed by atoms with Gasteiger partial charge in [-0.25, -0.2) is 4.98 Å². The quantitative estimate of drug-likeness (QED) is 0.652. The molecule has 0 aromatic carbocycles. The third kappa shape index (κ3) is 3.58. The molecule has 1 aliphatic heterocycles. The van der Waals surface area contributed by atoms with Gasteiger partial charge >= 0.3 is 0 Å².